The van der Waals surface area contributed by atoms with Gasteiger partial charge in [-0.25, -0.2) is 0 Å². The molecule has 6 heteroatoms. The van der Waals surface area contributed by atoms with E-state index in [0.717, 1.165) is 24.3 Å². The zero-order valence-corrected chi connectivity index (χ0v) is 15.8. The summed E-state index contributed by atoms with van der Waals surface area (Å²) in [5, 5.41) is 3.19. The van der Waals surface area contributed by atoms with Gasteiger partial charge in [0.15, 0.2) is 0 Å². The van der Waals surface area contributed by atoms with Gasteiger partial charge in [-0.1, -0.05) is 0 Å². The minimum Gasteiger partial charge on any atom is -0.378 e. The minimum absolute atomic E-state index is 0.0931. The molecule has 1 aliphatic heterocycles. The maximum Gasteiger partial charge on any atom is 0.232 e. The van der Waals surface area contributed by atoms with E-state index in [1.807, 2.05) is 4.90 Å². The van der Waals surface area contributed by atoms with E-state index < -0.39 is 0 Å². The average molecular weight is 367 g/mol. The molecule has 0 aromatic heterocycles. The van der Waals surface area contributed by atoms with E-state index in [-0.39, 0.29) is 11.8 Å². The second kappa shape index (κ2) is 7.47. The highest BCUT2D eigenvalue weighted by Gasteiger charge is 2.50. The molecule has 1 N–H and O–H groups in total. The number of hydrogen-bond acceptors (Lipinski definition) is 4. The highest BCUT2D eigenvalue weighted by atomic mass is 32.2. The van der Waals surface area contributed by atoms with Crippen molar-refractivity contribution in [2.75, 3.05) is 44.4 Å². The predicted molar refractivity (Wildman–Crippen MR) is 98.3 cm³/mol. The molecule has 140 valence electrons. The number of thioether (sulfide) groups is 1. The largest absolute Gasteiger partial charge is 0.378 e. The third-order valence-corrected chi connectivity index (χ3v) is 7.57. The van der Waals surface area contributed by atoms with Crippen LogP contribution in [0.5, 0.6) is 0 Å². The van der Waals surface area contributed by atoms with Crippen molar-refractivity contribution in [1.29, 1.82) is 0 Å². The molecule has 5 nitrogen and oxygen atoms in total. The van der Waals surface area contributed by atoms with Crippen molar-refractivity contribution in [1.82, 2.24) is 10.2 Å². The molecule has 5 aliphatic rings. The monoisotopic (exact) mass is 366 g/mol. The molecule has 0 atom stereocenters. The van der Waals surface area contributed by atoms with Gasteiger partial charge >= 0.3 is 0 Å². The Kier molecular flexibility index (Phi) is 5.28. The summed E-state index contributed by atoms with van der Waals surface area (Å²) in [6.07, 6.45) is 8.28. The summed E-state index contributed by atoms with van der Waals surface area (Å²) in [7, 11) is 0. The third kappa shape index (κ3) is 4.16. The molecule has 0 unspecified atom stereocenters. The van der Waals surface area contributed by atoms with Crippen LogP contribution in [0.3, 0.4) is 0 Å². The quantitative estimate of drug-likeness (QED) is 0.780. The van der Waals surface area contributed by atoms with Crippen molar-refractivity contribution >= 4 is 23.6 Å². The van der Waals surface area contributed by atoms with Gasteiger partial charge in [0.2, 0.25) is 11.8 Å². The lowest BCUT2D eigenvalue weighted by Crippen LogP contribution is -2.51. The van der Waals surface area contributed by atoms with Crippen molar-refractivity contribution in [3.8, 4) is 0 Å². The van der Waals surface area contributed by atoms with Gasteiger partial charge in [-0.05, 0) is 61.7 Å². The second-order valence-corrected chi connectivity index (χ2v) is 9.67. The van der Waals surface area contributed by atoms with Gasteiger partial charge in [-0.3, -0.25) is 9.59 Å². The van der Waals surface area contributed by atoms with E-state index in [1.54, 1.807) is 0 Å². The lowest BCUT2D eigenvalue weighted by atomic mass is 9.49. The van der Waals surface area contributed by atoms with Crippen LogP contribution in [0.15, 0.2) is 0 Å². The Balaban J connectivity index is 1.16. The Hall–Kier alpha value is -0.750. The van der Waals surface area contributed by atoms with Crippen molar-refractivity contribution in [2.45, 2.75) is 38.5 Å². The minimum atomic E-state index is 0.0931. The van der Waals surface area contributed by atoms with Crippen LogP contribution in [0.1, 0.15) is 38.5 Å². The summed E-state index contributed by atoms with van der Waals surface area (Å²) in [6.45, 7) is 3.46. The summed E-state index contributed by atoms with van der Waals surface area (Å²) >= 11 is 1.44. The van der Waals surface area contributed by atoms with Crippen LogP contribution in [0, 0.1) is 23.2 Å². The van der Waals surface area contributed by atoms with Gasteiger partial charge in [0.05, 0.1) is 24.7 Å². The van der Waals surface area contributed by atoms with Crippen LogP contribution < -0.4 is 5.32 Å². The maximum atomic E-state index is 12.2. The number of rotatable bonds is 6. The Bertz CT molecular complexity index is 484. The number of morpholine rings is 1. The van der Waals surface area contributed by atoms with Crippen molar-refractivity contribution in [2.24, 2.45) is 23.2 Å². The maximum absolute atomic E-state index is 12.2. The zero-order valence-electron chi connectivity index (χ0n) is 15.0. The molecule has 1 saturated heterocycles. The van der Waals surface area contributed by atoms with E-state index >= 15 is 0 Å². The average Bonchev–Trinajstić information content (AvgIpc) is 2.60. The first-order valence-corrected chi connectivity index (χ1v) is 11.0. The highest BCUT2D eigenvalue weighted by Crippen LogP contribution is 2.59. The molecule has 25 heavy (non-hydrogen) atoms. The van der Waals surface area contributed by atoms with Gasteiger partial charge in [0.1, 0.15) is 0 Å². The van der Waals surface area contributed by atoms with E-state index in [2.05, 4.69) is 5.32 Å². The van der Waals surface area contributed by atoms with Gasteiger partial charge in [-0.2, -0.15) is 0 Å². The van der Waals surface area contributed by atoms with Crippen molar-refractivity contribution < 1.29 is 14.3 Å². The van der Waals surface area contributed by atoms with E-state index in [4.69, 9.17) is 4.74 Å². The fourth-order valence-electron chi connectivity index (χ4n) is 5.98. The molecule has 1 heterocycles. The van der Waals surface area contributed by atoms with Gasteiger partial charge in [-0.15, -0.1) is 11.8 Å². The lowest BCUT2D eigenvalue weighted by Gasteiger charge is -2.56. The Labute approximate surface area is 154 Å². The van der Waals surface area contributed by atoms with Crippen LogP contribution in [-0.4, -0.2) is 61.1 Å². The van der Waals surface area contributed by atoms with Crippen LogP contribution in [-0.2, 0) is 14.3 Å². The summed E-state index contributed by atoms with van der Waals surface area (Å²) in [4.78, 5) is 26.1. The number of carbonyl (C=O) groups is 2. The number of hydrogen-bond donors (Lipinski definition) is 1. The highest BCUT2D eigenvalue weighted by molar-refractivity contribution is 8.00. The molecule has 0 radical (unpaired) electrons. The number of nitrogens with zero attached hydrogens (tertiary/aromatic N) is 1. The third-order valence-electron chi connectivity index (χ3n) is 6.65. The smallest absolute Gasteiger partial charge is 0.232 e. The van der Waals surface area contributed by atoms with E-state index in [0.29, 0.717) is 43.2 Å². The van der Waals surface area contributed by atoms with Crippen molar-refractivity contribution in [3.63, 3.8) is 0 Å². The number of carbonyl (C=O) groups excluding carboxylic acids is 2. The van der Waals surface area contributed by atoms with Crippen LogP contribution >= 0.6 is 11.8 Å². The van der Waals surface area contributed by atoms with Crippen molar-refractivity contribution in [3.05, 3.63) is 0 Å². The summed E-state index contributed by atoms with van der Waals surface area (Å²) in [5.41, 5.74) is 0.388. The zero-order chi connectivity index (χ0) is 17.3. The molecule has 2 amide bonds. The van der Waals surface area contributed by atoms with E-state index in [1.165, 1.54) is 50.3 Å². The number of ether oxygens (including phenoxy) is 1. The van der Waals surface area contributed by atoms with E-state index in [9.17, 15) is 9.59 Å². The van der Waals surface area contributed by atoms with Crippen LogP contribution in [0.4, 0.5) is 0 Å². The second-order valence-electron chi connectivity index (χ2n) is 8.68. The fourth-order valence-corrected chi connectivity index (χ4v) is 6.73. The van der Waals surface area contributed by atoms with Gasteiger partial charge in [0.25, 0.3) is 0 Å². The fraction of sp³-hybridized carbons (Fsp3) is 0.895. The molecule has 4 saturated carbocycles. The molecule has 0 spiro atoms. The molecule has 0 aromatic carbocycles. The standard InChI is InChI=1S/C19H30N2O3S/c22-17(11-25-12-18(23)21-1-3-24-4-2-21)20-13-19-8-14-5-15(9-19)7-16(6-14)10-19/h14-16H,1-13H2,(H,20,22). The number of amides is 2. The lowest BCUT2D eigenvalue weighted by molar-refractivity contribution is -0.132. The Morgan fingerprint density at radius 2 is 1.60 bits per heavy atom. The molecule has 5 rings (SSSR count). The molecular weight excluding hydrogens is 336 g/mol. The summed E-state index contributed by atoms with van der Waals surface area (Å²) in [6, 6.07) is 0. The summed E-state index contributed by atoms with van der Waals surface area (Å²) in [5.74, 6) is 3.77. The number of nitrogens with one attached hydrogen (secondary N) is 1. The molecule has 4 bridgehead atoms. The van der Waals surface area contributed by atoms with Gasteiger partial charge < -0.3 is 15.0 Å². The van der Waals surface area contributed by atoms with Gasteiger partial charge in [0, 0.05) is 19.6 Å². The Morgan fingerprint density at radius 1 is 1.00 bits per heavy atom. The predicted octanol–water partition coefficient (Wildman–Crippen LogP) is 1.91. The van der Waals surface area contributed by atoms with Crippen LogP contribution in [0.2, 0.25) is 0 Å². The SMILES string of the molecule is O=C(CSCC(=O)N1CCOCC1)NCC12CC3CC(CC(C3)C1)C2. The van der Waals surface area contributed by atoms with Crippen LogP contribution in [0.25, 0.3) is 0 Å². The molecular formula is C19H30N2O3S. The molecule has 0 aromatic rings. The first kappa shape index (κ1) is 17.7. The first-order valence-electron chi connectivity index (χ1n) is 9.82. The normalized spacial score (nSPS) is 36.5. The topological polar surface area (TPSA) is 58.6 Å². The molecule has 4 aliphatic carbocycles. The first-order chi connectivity index (χ1) is 12.1. The Morgan fingerprint density at radius 3 is 2.20 bits per heavy atom. The molecule has 5 fully saturated rings. The summed E-state index contributed by atoms with van der Waals surface area (Å²) < 4.78 is 5.26.